The van der Waals surface area contributed by atoms with Gasteiger partial charge in [-0.05, 0) is 41.5 Å². The molecule has 5 heteroatoms. The van der Waals surface area contributed by atoms with E-state index in [1.807, 2.05) is 71.6 Å². The number of pyridine rings is 1. The highest BCUT2D eigenvalue weighted by atomic mass is 35.5. The standard InChI is InChI=1S/C23H23ClN2O2/c1-28-21-11-9-18(10-12-21)16-23(27)26(15-13-20-7-4-5-14-25-20)17-19-6-2-3-8-22(19)24/h2-12,14H,13,15-17H2,1H3. The molecule has 0 spiro atoms. The van der Waals surface area contributed by atoms with Crippen LogP contribution in [-0.4, -0.2) is 29.4 Å². The molecule has 3 aromatic rings. The van der Waals surface area contributed by atoms with Gasteiger partial charge in [-0.25, -0.2) is 0 Å². The molecule has 2 aromatic carbocycles. The van der Waals surface area contributed by atoms with Crippen molar-refractivity contribution in [2.75, 3.05) is 13.7 Å². The zero-order valence-corrected chi connectivity index (χ0v) is 16.6. The minimum absolute atomic E-state index is 0.0565. The average molecular weight is 395 g/mol. The number of rotatable bonds is 8. The Labute approximate surface area is 170 Å². The summed E-state index contributed by atoms with van der Waals surface area (Å²) < 4.78 is 5.18. The molecule has 0 unspecified atom stereocenters. The molecule has 4 nitrogen and oxygen atoms in total. The fourth-order valence-corrected chi connectivity index (χ4v) is 3.15. The molecule has 0 saturated heterocycles. The highest BCUT2D eigenvalue weighted by Gasteiger charge is 2.16. The molecular weight excluding hydrogens is 372 g/mol. The Morgan fingerprint density at radius 1 is 1.04 bits per heavy atom. The number of carbonyl (C=O) groups excluding carboxylic acids is 1. The summed E-state index contributed by atoms with van der Waals surface area (Å²) in [6.45, 7) is 1.05. The Morgan fingerprint density at radius 2 is 1.79 bits per heavy atom. The summed E-state index contributed by atoms with van der Waals surface area (Å²) in [6.07, 6.45) is 2.79. The van der Waals surface area contributed by atoms with Crippen LogP contribution >= 0.6 is 11.6 Å². The van der Waals surface area contributed by atoms with Gasteiger partial charge in [0.2, 0.25) is 5.91 Å². The number of ether oxygens (including phenoxy) is 1. The highest BCUT2D eigenvalue weighted by molar-refractivity contribution is 6.31. The van der Waals surface area contributed by atoms with Crippen molar-refractivity contribution in [1.29, 1.82) is 0 Å². The van der Waals surface area contributed by atoms with E-state index in [4.69, 9.17) is 16.3 Å². The molecule has 0 bridgehead atoms. The maximum absolute atomic E-state index is 13.0. The van der Waals surface area contributed by atoms with Crippen molar-refractivity contribution in [1.82, 2.24) is 9.88 Å². The monoisotopic (exact) mass is 394 g/mol. The van der Waals surface area contributed by atoms with E-state index in [9.17, 15) is 4.79 Å². The van der Waals surface area contributed by atoms with Crippen molar-refractivity contribution in [2.24, 2.45) is 0 Å². The molecule has 0 saturated carbocycles. The van der Waals surface area contributed by atoms with Crippen LogP contribution in [0.1, 0.15) is 16.8 Å². The number of benzene rings is 2. The van der Waals surface area contributed by atoms with E-state index >= 15 is 0 Å². The molecule has 0 aliphatic heterocycles. The lowest BCUT2D eigenvalue weighted by molar-refractivity contribution is -0.131. The van der Waals surface area contributed by atoms with Gasteiger partial charge in [-0.1, -0.05) is 48.0 Å². The third-order valence-corrected chi connectivity index (χ3v) is 4.92. The van der Waals surface area contributed by atoms with E-state index in [0.29, 0.717) is 31.0 Å². The second kappa shape index (κ2) is 9.90. The van der Waals surface area contributed by atoms with Crippen LogP contribution in [0.25, 0.3) is 0 Å². The number of amides is 1. The van der Waals surface area contributed by atoms with Crippen molar-refractivity contribution < 1.29 is 9.53 Å². The first kappa shape index (κ1) is 19.9. The second-order valence-electron chi connectivity index (χ2n) is 6.50. The van der Waals surface area contributed by atoms with Gasteiger partial charge in [0, 0.05) is 36.4 Å². The highest BCUT2D eigenvalue weighted by Crippen LogP contribution is 2.19. The first-order chi connectivity index (χ1) is 13.7. The molecule has 1 amide bonds. The largest absolute Gasteiger partial charge is 0.497 e. The van der Waals surface area contributed by atoms with Crippen LogP contribution in [0, 0.1) is 0 Å². The van der Waals surface area contributed by atoms with Gasteiger partial charge in [0.05, 0.1) is 13.5 Å². The first-order valence-electron chi connectivity index (χ1n) is 9.19. The van der Waals surface area contributed by atoms with Crippen LogP contribution in [0.5, 0.6) is 5.75 Å². The average Bonchev–Trinajstić information content (AvgIpc) is 2.73. The molecule has 3 rings (SSSR count). The molecular formula is C23H23ClN2O2. The van der Waals surface area contributed by atoms with Crippen LogP contribution in [0.3, 0.4) is 0 Å². The topological polar surface area (TPSA) is 42.4 Å². The summed E-state index contributed by atoms with van der Waals surface area (Å²) in [7, 11) is 1.63. The Morgan fingerprint density at radius 3 is 2.46 bits per heavy atom. The zero-order chi connectivity index (χ0) is 19.8. The number of hydrogen-bond donors (Lipinski definition) is 0. The van der Waals surface area contributed by atoms with Gasteiger partial charge in [0.15, 0.2) is 0 Å². The Hall–Kier alpha value is -2.85. The summed E-state index contributed by atoms with van der Waals surface area (Å²) in [5, 5.41) is 0.669. The number of hydrogen-bond acceptors (Lipinski definition) is 3. The van der Waals surface area contributed by atoms with Gasteiger partial charge in [-0.2, -0.15) is 0 Å². The minimum atomic E-state index is 0.0565. The number of aromatic nitrogens is 1. The Balaban J connectivity index is 1.73. The lowest BCUT2D eigenvalue weighted by Crippen LogP contribution is -2.34. The number of carbonyl (C=O) groups is 1. The van der Waals surface area contributed by atoms with E-state index in [-0.39, 0.29) is 5.91 Å². The molecule has 1 heterocycles. The van der Waals surface area contributed by atoms with E-state index in [1.165, 1.54) is 0 Å². The third kappa shape index (κ3) is 5.57. The molecule has 0 aliphatic carbocycles. The van der Waals surface area contributed by atoms with Crippen molar-refractivity contribution in [3.05, 3.63) is 94.8 Å². The SMILES string of the molecule is COc1ccc(CC(=O)N(CCc2ccccn2)Cc2ccccc2Cl)cc1. The number of methoxy groups -OCH3 is 1. The number of halogens is 1. The number of nitrogens with zero attached hydrogens (tertiary/aromatic N) is 2. The Bertz CT molecular complexity index is 898. The van der Waals surface area contributed by atoms with Gasteiger partial charge in [-0.15, -0.1) is 0 Å². The lowest BCUT2D eigenvalue weighted by Gasteiger charge is -2.23. The van der Waals surface area contributed by atoms with E-state index in [2.05, 4.69) is 4.98 Å². The fourth-order valence-electron chi connectivity index (χ4n) is 2.95. The maximum Gasteiger partial charge on any atom is 0.227 e. The van der Waals surface area contributed by atoms with Crippen LogP contribution < -0.4 is 4.74 Å². The van der Waals surface area contributed by atoms with Crippen LogP contribution in [0.4, 0.5) is 0 Å². The van der Waals surface area contributed by atoms with Gasteiger partial charge in [0.1, 0.15) is 5.75 Å². The van der Waals surface area contributed by atoms with Crippen molar-refractivity contribution in [3.8, 4) is 5.75 Å². The lowest BCUT2D eigenvalue weighted by atomic mass is 10.1. The quantitative estimate of drug-likeness (QED) is 0.562. The first-order valence-corrected chi connectivity index (χ1v) is 9.57. The van der Waals surface area contributed by atoms with Crippen molar-refractivity contribution >= 4 is 17.5 Å². The minimum Gasteiger partial charge on any atom is -0.497 e. The molecule has 0 N–H and O–H groups in total. The summed E-state index contributed by atoms with van der Waals surface area (Å²) in [6, 6.07) is 21.0. The maximum atomic E-state index is 13.0. The summed E-state index contributed by atoms with van der Waals surface area (Å²) in [5.74, 6) is 0.834. The second-order valence-corrected chi connectivity index (χ2v) is 6.91. The van der Waals surface area contributed by atoms with Gasteiger partial charge >= 0.3 is 0 Å². The summed E-state index contributed by atoms with van der Waals surface area (Å²) in [4.78, 5) is 19.2. The molecule has 144 valence electrons. The van der Waals surface area contributed by atoms with E-state index in [1.54, 1.807) is 13.3 Å². The Kier molecular flexibility index (Phi) is 7.04. The third-order valence-electron chi connectivity index (χ3n) is 4.55. The predicted octanol–water partition coefficient (Wildman–Crippen LogP) is 4.56. The van der Waals surface area contributed by atoms with E-state index in [0.717, 1.165) is 22.6 Å². The molecule has 0 atom stereocenters. The van der Waals surface area contributed by atoms with Gasteiger partial charge in [-0.3, -0.25) is 9.78 Å². The van der Waals surface area contributed by atoms with Crippen LogP contribution in [0.2, 0.25) is 5.02 Å². The summed E-state index contributed by atoms with van der Waals surface area (Å²) >= 11 is 6.32. The molecule has 28 heavy (non-hydrogen) atoms. The predicted molar refractivity (Wildman–Crippen MR) is 112 cm³/mol. The molecule has 1 aromatic heterocycles. The van der Waals surface area contributed by atoms with E-state index < -0.39 is 0 Å². The van der Waals surface area contributed by atoms with Gasteiger partial charge in [0.25, 0.3) is 0 Å². The van der Waals surface area contributed by atoms with Gasteiger partial charge < -0.3 is 9.64 Å². The van der Waals surface area contributed by atoms with Crippen molar-refractivity contribution in [2.45, 2.75) is 19.4 Å². The van der Waals surface area contributed by atoms with Crippen LogP contribution in [-0.2, 0) is 24.2 Å². The molecule has 0 radical (unpaired) electrons. The van der Waals surface area contributed by atoms with Crippen LogP contribution in [0.15, 0.2) is 72.9 Å². The summed E-state index contributed by atoms with van der Waals surface area (Å²) in [5.41, 5.74) is 2.85. The fraction of sp³-hybridized carbons (Fsp3) is 0.217. The molecule has 0 fully saturated rings. The molecule has 0 aliphatic rings. The smallest absolute Gasteiger partial charge is 0.227 e. The van der Waals surface area contributed by atoms with Crippen molar-refractivity contribution in [3.63, 3.8) is 0 Å². The zero-order valence-electron chi connectivity index (χ0n) is 15.8. The normalized spacial score (nSPS) is 10.5.